The van der Waals surface area contributed by atoms with Crippen LogP contribution in [0.15, 0.2) is 18.2 Å². The molecule has 3 nitrogen and oxygen atoms in total. The normalized spacial score (nSPS) is 11.1. The van der Waals surface area contributed by atoms with Gasteiger partial charge in [0.05, 0.1) is 5.69 Å². The molecular weight excluding hydrogens is 371 g/mol. The summed E-state index contributed by atoms with van der Waals surface area (Å²) >= 11 is 7.61. The Kier molecular flexibility index (Phi) is 4.87. The molecule has 1 aromatic carbocycles. The van der Waals surface area contributed by atoms with Gasteiger partial charge >= 0.3 is 12.2 Å². The lowest BCUT2D eigenvalue weighted by atomic mass is 10.3. The summed E-state index contributed by atoms with van der Waals surface area (Å²) in [5, 5.41) is 4.48. The van der Waals surface area contributed by atoms with Crippen molar-refractivity contribution >= 4 is 45.9 Å². The van der Waals surface area contributed by atoms with Gasteiger partial charge in [-0.2, -0.15) is 13.2 Å². The van der Waals surface area contributed by atoms with Gasteiger partial charge in [0.15, 0.2) is 0 Å². The summed E-state index contributed by atoms with van der Waals surface area (Å²) in [5.41, 5.74) is 0.398. The van der Waals surface area contributed by atoms with Crippen LogP contribution in [0.2, 0.25) is 5.02 Å². The average molecular weight is 379 g/mol. The number of nitrogens with one attached hydrogen (secondary N) is 2. The van der Waals surface area contributed by atoms with Crippen LogP contribution in [0.3, 0.4) is 0 Å². The van der Waals surface area contributed by atoms with Gasteiger partial charge in [0.2, 0.25) is 0 Å². The third kappa shape index (κ3) is 5.44. The molecule has 17 heavy (non-hydrogen) atoms. The van der Waals surface area contributed by atoms with Crippen LogP contribution in [0.4, 0.5) is 23.7 Å². The molecule has 2 amide bonds. The zero-order valence-corrected chi connectivity index (χ0v) is 11.2. The highest BCUT2D eigenvalue weighted by molar-refractivity contribution is 14.1. The molecule has 0 atom stereocenters. The molecule has 1 aromatic rings. The van der Waals surface area contributed by atoms with Gasteiger partial charge in [-0.3, -0.25) is 0 Å². The number of rotatable bonds is 2. The first-order chi connectivity index (χ1) is 7.78. The molecule has 94 valence electrons. The number of benzene rings is 1. The van der Waals surface area contributed by atoms with Gasteiger partial charge in [-0.25, -0.2) is 4.79 Å². The van der Waals surface area contributed by atoms with E-state index in [1.54, 1.807) is 11.4 Å². The molecule has 0 radical (unpaired) electrons. The van der Waals surface area contributed by atoms with Crippen molar-refractivity contribution in [2.75, 3.05) is 11.9 Å². The molecule has 0 aliphatic carbocycles. The number of hydrogen-bond donors (Lipinski definition) is 2. The quantitative estimate of drug-likeness (QED) is 0.758. The Morgan fingerprint density at radius 1 is 1.41 bits per heavy atom. The van der Waals surface area contributed by atoms with Crippen LogP contribution in [-0.4, -0.2) is 18.8 Å². The van der Waals surface area contributed by atoms with Crippen molar-refractivity contribution in [2.24, 2.45) is 0 Å². The van der Waals surface area contributed by atoms with Crippen molar-refractivity contribution in [1.29, 1.82) is 0 Å². The Bertz CT molecular complexity index is 425. The Labute approximate surface area is 114 Å². The molecule has 0 aliphatic rings. The van der Waals surface area contributed by atoms with Crippen molar-refractivity contribution in [2.45, 2.75) is 6.18 Å². The predicted octanol–water partition coefficient (Wildman–Crippen LogP) is 3.63. The van der Waals surface area contributed by atoms with E-state index in [2.05, 4.69) is 5.32 Å². The number of carbonyl (C=O) groups is 1. The van der Waals surface area contributed by atoms with Gasteiger partial charge in [-0.1, -0.05) is 11.6 Å². The summed E-state index contributed by atoms with van der Waals surface area (Å²) in [7, 11) is 0. The van der Waals surface area contributed by atoms with Crippen molar-refractivity contribution in [3.63, 3.8) is 0 Å². The van der Waals surface area contributed by atoms with Crippen molar-refractivity contribution in [3.8, 4) is 0 Å². The molecular formula is C9H7ClF3IN2O. The molecule has 0 spiro atoms. The van der Waals surface area contributed by atoms with Crippen molar-refractivity contribution in [3.05, 3.63) is 26.8 Å². The van der Waals surface area contributed by atoms with E-state index in [1.165, 1.54) is 12.1 Å². The Morgan fingerprint density at radius 2 is 2.06 bits per heavy atom. The maximum atomic E-state index is 11.8. The fourth-order valence-electron chi connectivity index (χ4n) is 0.938. The fourth-order valence-corrected chi connectivity index (χ4v) is 1.94. The lowest BCUT2D eigenvalue weighted by Crippen LogP contribution is -2.36. The largest absolute Gasteiger partial charge is 0.405 e. The molecule has 0 bridgehead atoms. The van der Waals surface area contributed by atoms with E-state index in [0.717, 1.165) is 0 Å². The van der Waals surface area contributed by atoms with E-state index < -0.39 is 18.8 Å². The molecule has 0 aromatic heterocycles. The average Bonchev–Trinajstić information content (AvgIpc) is 2.18. The van der Waals surface area contributed by atoms with E-state index in [0.29, 0.717) is 14.3 Å². The van der Waals surface area contributed by atoms with Crippen LogP contribution in [-0.2, 0) is 0 Å². The molecule has 8 heteroatoms. The van der Waals surface area contributed by atoms with Crippen LogP contribution in [0.25, 0.3) is 0 Å². The Balaban J connectivity index is 2.57. The third-order valence-electron chi connectivity index (χ3n) is 1.63. The minimum Gasteiger partial charge on any atom is -0.329 e. The first kappa shape index (κ1) is 14.4. The standard InChI is InChI=1S/C9H7ClF3IN2O/c10-5-1-2-7(6(14)3-5)16-8(17)15-4-9(11,12)13/h1-3H,4H2,(H2,15,16,17). The van der Waals surface area contributed by atoms with E-state index in [4.69, 9.17) is 11.6 Å². The van der Waals surface area contributed by atoms with Crippen molar-refractivity contribution in [1.82, 2.24) is 5.32 Å². The molecule has 0 heterocycles. The number of carbonyl (C=O) groups excluding carboxylic acids is 1. The summed E-state index contributed by atoms with van der Waals surface area (Å²) < 4.78 is 36.1. The number of halogens is 5. The summed E-state index contributed by atoms with van der Waals surface area (Å²) in [6.07, 6.45) is -4.43. The van der Waals surface area contributed by atoms with E-state index in [1.807, 2.05) is 22.6 Å². The first-order valence-electron chi connectivity index (χ1n) is 4.34. The monoisotopic (exact) mass is 378 g/mol. The predicted molar refractivity (Wildman–Crippen MR) is 67.2 cm³/mol. The minimum atomic E-state index is -4.43. The topological polar surface area (TPSA) is 41.1 Å². The fraction of sp³-hybridized carbons (Fsp3) is 0.222. The van der Waals surface area contributed by atoms with Crippen LogP contribution in [0, 0.1) is 3.57 Å². The van der Waals surface area contributed by atoms with Crippen molar-refractivity contribution < 1.29 is 18.0 Å². The number of anilines is 1. The molecule has 2 N–H and O–H groups in total. The first-order valence-corrected chi connectivity index (χ1v) is 5.80. The molecule has 1 rings (SSSR count). The maximum absolute atomic E-state index is 11.8. The second-order valence-corrected chi connectivity index (χ2v) is 4.65. The number of alkyl halides is 3. The number of hydrogen-bond acceptors (Lipinski definition) is 1. The van der Waals surface area contributed by atoms with E-state index >= 15 is 0 Å². The Morgan fingerprint density at radius 3 is 2.59 bits per heavy atom. The van der Waals surface area contributed by atoms with E-state index in [9.17, 15) is 18.0 Å². The lowest BCUT2D eigenvalue weighted by molar-refractivity contribution is -0.122. The minimum absolute atomic E-state index is 0.398. The molecule has 0 unspecified atom stereocenters. The summed E-state index contributed by atoms with van der Waals surface area (Å²) in [6.45, 7) is -1.37. The SMILES string of the molecule is O=C(NCC(F)(F)F)Nc1ccc(Cl)cc1I. The molecule has 0 saturated carbocycles. The van der Waals surface area contributed by atoms with Crippen LogP contribution >= 0.6 is 34.2 Å². The smallest absolute Gasteiger partial charge is 0.329 e. The number of amides is 2. The second kappa shape index (κ2) is 5.76. The summed E-state index contributed by atoms with van der Waals surface area (Å²) in [5.74, 6) is 0. The summed E-state index contributed by atoms with van der Waals surface area (Å²) in [4.78, 5) is 11.1. The lowest BCUT2D eigenvalue weighted by Gasteiger charge is -2.10. The number of urea groups is 1. The van der Waals surface area contributed by atoms with Gasteiger partial charge in [-0.15, -0.1) is 0 Å². The van der Waals surface area contributed by atoms with Crippen LogP contribution in [0.1, 0.15) is 0 Å². The second-order valence-electron chi connectivity index (χ2n) is 3.05. The van der Waals surface area contributed by atoms with Crippen LogP contribution in [0.5, 0.6) is 0 Å². The van der Waals surface area contributed by atoms with Gasteiger partial charge in [0.25, 0.3) is 0 Å². The van der Waals surface area contributed by atoms with E-state index in [-0.39, 0.29) is 0 Å². The van der Waals surface area contributed by atoms with Gasteiger partial charge in [0, 0.05) is 8.59 Å². The highest BCUT2D eigenvalue weighted by Crippen LogP contribution is 2.22. The summed E-state index contributed by atoms with van der Waals surface area (Å²) in [6, 6.07) is 3.71. The van der Waals surface area contributed by atoms with Gasteiger partial charge in [-0.05, 0) is 40.8 Å². The van der Waals surface area contributed by atoms with Crippen LogP contribution < -0.4 is 10.6 Å². The Hall–Kier alpha value is -0.700. The zero-order valence-electron chi connectivity index (χ0n) is 8.24. The molecule has 0 aliphatic heterocycles. The highest BCUT2D eigenvalue weighted by Gasteiger charge is 2.27. The highest BCUT2D eigenvalue weighted by atomic mass is 127. The molecule has 0 fully saturated rings. The third-order valence-corrected chi connectivity index (χ3v) is 2.76. The molecule has 0 saturated heterocycles. The maximum Gasteiger partial charge on any atom is 0.405 e. The zero-order chi connectivity index (χ0) is 13.1. The van der Waals surface area contributed by atoms with Gasteiger partial charge < -0.3 is 10.6 Å². The van der Waals surface area contributed by atoms with Gasteiger partial charge in [0.1, 0.15) is 6.54 Å².